The molecule has 0 aliphatic carbocycles. The van der Waals surface area contributed by atoms with Crippen molar-refractivity contribution < 1.29 is 4.79 Å². The summed E-state index contributed by atoms with van der Waals surface area (Å²) >= 11 is 0. The van der Waals surface area contributed by atoms with E-state index >= 15 is 0 Å². The number of nitrogens with one attached hydrogen (secondary N) is 2. The standard InChI is InChI=1S/C23H23N3O/c27-23(18-6-2-1-3-7-18)25-21-10-8-19(9-11-21)24-20-12-14-22(15-13-20)26-16-4-5-17-26/h1-3,6-15,24H,4-5,16-17H2,(H,25,27). The van der Waals surface area contributed by atoms with E-state index in [2.05, 4.69) is 39.8 Å². The normalized spacial score (nSPS) is 13.4. The maximum absolute atomic E-state index is 12.2. The van der Waals surface area contributed by atoms with Gasteiger partial charge in [0.25, 0.3) is 5.91 Å². The van der Waals surface area contributed by atoms with Gasteiger partial charge < -0.3 is 15.5 Å². The van der Waals surface area contributed by atoms with Crippen molar-refractivity contribution in [3.63, 3.8) is 0 Å². The highest BCUT2D eigenvalue weighted by Crippen LogP contribution is 2.24. The zero-order chi connectivity index (χ0) is 18.5. The molecule has 0 aromatic heterocycles. The van der Waals surface area contributed by atoms with Crippen molar-refractivity contribution in [2.75, 3.05) is 28.6 Å². The molecule has 3 aromatic carbocycles. The first-order valence-electron chi connectivity index (χ1n) is 9.36. The SMILES string of the molecule is O=C(Nc1ccc(Nc2ccc(N3CCCC3)cc2)cc1)c1ccccc1. The molecule has 136 valence electrons. The molecular formula is C23H23N3O. The van der Waals surface area contributed by atoms with Gasteiger partial charge in [-0.15, -0.1) is 0 Å². The third kappa shape index (κ3) is 4.29. The monoisotopic (exact) mass is 357 g/mol. The second-order valence-electron chi connectivity index (χ2n) is 6.76. The largest absolute Gasteiger partial charge is 0.372 e. The van der Waals surface area contributed by atoms with Crippen LogP contribution >= 0.6 is 0 Å². The zero-order valence-corrected chi connectivity index (χ0v) is 15.2. The van der Waals surface area contributed by atoms with E-state index in [1.165, 1.54) is 18.5 Å². The summed E-state index contributed by atoms with van der Waals surface area (Å²) in [5.74, 6) is -0.103. The van der Waals surface area contributed by atoms with Crippen molar-refractivity contribution in [1.82, 2.24) is 0 Å². The molecule has 4 rings (SSSR count). The molecule has 4 heteroatoms. The molecule has 0 atom stereocenters. The lowest BCUT2D eigenvalue weighted by atomic mass is 10.2. The van der Waals surface area contributed by atoms with Crippen LogP contribution in [0, 0.1) is 0 Å². The van der Waals surface area contributed by atoms with Gasteiger partial charge in [0.2, 0.25) is 0 Å². The maximum Gasteiger partial charge on any atom is 0.255 e. The van der Waals surface area contributed by atoms with Crippen LogP contribution in [0.25, 0.3) is 0 Å². The highest BCUT2D eigenvalue weighted by atomic mass is 16.1. The summed E-state index contributed by atoms with van der Waals surface area (Å²) in [6.45, 7) is 2.31. The Bertz CT molecular complexity index is 883. The number of rotatable bonds is 5. The van der Waals surface area contributed by atoms with Crippen LogP contribution in [0.1, 0.15) is 23.2 Å². The summed E-state index contributed by atoms with van der Waals surface area (Å²) in [6, 6.07) is 25.5. The number of carbonyl (C=O) groups excluding carboxylic acids is 1. The predicted molar refractivity (Wildman–Crippen MR) is 112 cm³/mol. The number of amides is 1. The van der Waals surface area contributed by atoms with Gasteiger partial charge in [0, 0.05) is 41.4 Å². The Morgan fingerprint density at radius 1 is 0.704 bits per heavy atom. The maximum atomic E-state index is 12.2. The molecule has 0 saturated carbocycles. The minimum atomic E-state index is -0.103. The van der Waals surface area contributed by atoms with Gasteiger partial charge in [-0.3, -0.25) is 4.79 Å². The Morgan fingerprint density at radius 2 is 1.26 bits per heavy atom. The minimum Gasteiger partial charge on any atom is -0.372 e. The van der Waals surface area contributed by atoms with Gasteiger partial charge in [-0.1, -0.05) is 18.2 Å². The fraction of sp³-hybridized carbons (Fsp3) is 0.174. The van der Waals surface area contributed by atoms with Gasteiger partial charge in [0.1, 0.15) is 0 Å². The summed E-state index contributed by atoms with van der Waals surface area (Å²) in [4.78, 5) is 14.6. The average molecular weight is 357 g/mol. The van der Waals surface area contributed by atoms with Crippen LogP contribution in [0.2, 0.25) is 0 Å². The Balaban J connectivity index is 1.37. The fourth-order valence-electron chi connectivity index (χ4n) is 3.33. The predicted octanol–water partition coefficient (Wildman–Crippen LogP) is 5.28. The number of hydrogen-bond acceptors (Lipinski definition) is 3. The van der Waals surface area contributed by atoms with E-state index in [0.717, 1.165) is 30.2 Å². The molecule has 1 aliphatic heterocycles. The third-order valence-electron chi connectivity index (χ3n) is 4.81. The second kappa shape index (κ2) is 7.96. The molecular weight excluding hydrogens is 334 g/mol. The summed E-state index contributed by atoms with van der Waals surface area (Å²) in [6.07, 6.45) is 2.57. The minimum absolute atomic E-state index is 0.103. The number of anilines is 4. The number of benzene rings is 3. The Hall–Kier alpha value is -3.27. The van der Waals surface area contributed by atoms with E-state index in [9.17, 15) is 4.79 Å². The van der Waals surface area contributed by atoms with Gasteiger partial charge in [-0.25, -0.2) is 0 Å². The van der Waals surface area contributed by atoms with E-state index in [4.69, 9.17) is 0 Å². The van der Waals surface area contributed by atoms with Crippen molar-refractivity contribution in [3.8, 4) is 0 Å². The quantitative estimate of drug-likeness (QED) is 0.653. The van der Waals surface area contributed by atoms with Crippen molar-refractivity contribution in [2.45, 2.75) is 12.8 Å². The highest BCUT2D eigenvalue weighted by Gasteiger charge is 2.11. The third-order valence-corrected chi connectivity index (χ3v) is 4.81. The summed E-state index contributed by atoms with van der Waals surface area (Å²) in [5, 5.41) is 6.32. The topological polar surface area (TPSA) is 44.4 Å². The van der Waals surface area contributed by atoms with Crippen LogP contribution in [0.3, 0.4) is 0 Å². The van der Waals surface area contributed by atoms with Gasteiger partial charge in [0.05, 0.1) is 0 Å². The van der Waals surface area contributed by atoms with Gasteiger partial charge in [-0.2, -0.15) is 0 Å². The van der Waals surface area contributed by atoms with E-state index in [0.29, 0.717) is 5.56 Å². The highest BCUT2D eigenvalue weighted by molar-refractivity contribution is 6.04. The van der Waals surface area contributed by atoms with Crippen LogP contribution < -0.4 is 15.5 Å². The van der Waals surface area contributed by atoms with E-state index in [1.807, 2.05) is 42.5 Å². The molecule has 1 fully saturated rings. The average Bonchev–Trinajstić information content (AvgIpc) is 3.26. The molecule has 2 N–H and O–H groups in total. The van der Waals surface area contributed by atoms with Crippen LogP contribution in [0.15, 0.2) is 78.9 Å². The first kappa shape index (κ1) is 17.2. The van der Waals surface area contributed by atoms with Crippen molar-refractivity contribution in [1.29, 1.82) is 0 Å². The number of hydrogen-bond donors (Lipinski definition) is 2. The lowest BCUT2D eigenvalue weighted by Gasteiger charge is -2.18. The van der Waals surface area contributed by atoms with Crippen LogP contribution in [-0.4, -0.2) is 19.0 Å². The summed E-state index contributed by atoms with van der Waals surface area (Å²) in [7, 11) is 0. The van der Waals surface area contributed by atoms with E-state index < -0.39 is 0 Å². The zero-order valence-electron chi connectivity index (χ0n) is 15.2. The fourth-order valence-corrected chi connectivity index (χ4v) is 3.33. The van der Waals surface area contributed by atoms with Gasteiger partial charge in [-0.05, 0) is 73.5 Å². The molecule has 1 aliphatic rings. The Kier molecular flexibility index (Phi) is 5.06. The molecule has 1 saturated heterocycles. The molecule has 0 unspecified atom stereocenters. The number of nitrogens with zero attached hydrogens (tertiary/aromatic N) is 1. The first-order valence-corrected chi connectivity index (χ1v) is 9.36. The molecule has 0 spiro atoms. The summed E-state index contributed by atoms with van der Waals surface area (Å²) < 4.78 is 0. The molecule has 0 radical (unpaired) electrons. The lowest BCUT2D eigenvalue weighted by Crippen LogP contribution is -2.17. The van der Waals surface area contributed by atoms with Crippen LogP contribution in [0.5, 0.6) is 0 Å². The van der Waals surface area contributed by atoms with E-state index in [1.54, 1.807) is 12.1 Å². The lowest BCUT2D eigenvalue weighted by molar-refractivity contribution is 0.102. The Labute approximate surface area is 159 Å². The van der Waals surface area contributed by atoms with Crippen LogP contribution in [0.4, 0.5) is 22.7 Å². The molecule has 4 nitrogen and oxygen atoms in total. The van der Waals surface area contributed by atoms with Crippen molar-refractivity contribution in [2.24, 2.45) is 0 Å². The summed E-state index contributed by atoms with van der Waals surface area (Å²) in [5.41, 5.74) is 4.76. The smallest absolute Gasteiger partial charge is 0.255 e. The molecule has 1 amide bonds. The van der Waals surface area contributed by atoms with Gasteiger partial charge >= 0.3 is 0 Å². The van der Waals surface area contributed by atoms with E-state index in [-0.39, 0.29) is 5.91 Å². The van der Waals surface area contributed by atoms with Gasteiger partial charge in [0.15, 0.2) is 0 Å². The molecule has 27 heavy (non-hydrogen) atoms. The molecule has 0 bridgehead atoms. The molecule has 3 aromatic rings. The van der Waals surface area contributed by atoms with Crippen molar-refractivity contribution in [3.05, 3.63) is 84.4 Å². The van der Waals surface area contributed by atoms with Crippen LogP contribution in [-0.2, 0) is 0 Å². The molecule has 1 heterocycles. The Morgan fingerprint density at radius 3 is 1.89 bits per heavy atom. The second-order valence-corrected chi connectivity index (χ2v) is 6.76. The van der Waals surface area contributed by atoms with Crippen molar-refractivity contribution >= 4 is 28.7 Å². The number of carbonyl (C=O) groups is 1. The first-order chi connectivity index (χ1) is 13.3.